The Morgan fingerprint density at radius 2 is 1.94 bits per heavy atom. The Kier molecular flexibility index (Phi) is 9.14. The van der Waals surface area contributed by atoms with Gasteiger partial charge in [0.1, 0.15) is 5.82 Å². The summed E-state index contributed by atoms with van der Waals surface area (Å²) in [6.45, 7) is 11.4. The van der Waals surface area contributed by atoms with Crippen molar-refractivity contribution in [2.24, 2.45) is 10.9 Å². The summed E-state index contributed by atoms with van der Waals surface area (Å²) in [7, 11) is 2.21. The smallest absolute Gasteiger partial charge is 0.123 e. The molecule has 0 unspecified atom stereocenters. The van der Waals surface area contributed by atoms with Crippen LogP contribution in [0.15, 0.2) is 54.0 Å². The number of likely N-dealkylation sites (tertiary alicyclic amines) is 1. The van der Waals surface area contributed by atoms with Crippen LogP contribution in [0.3, 0.4) is 0 Å². The average molecular weight is 476 g/mol. The first-order valence-corrected chi connectivity index (χ1v) is 13.6. The number of rotatable bonds is 12. The third-order valence-electron chi connectivity index (χ3n) is 7.66. The Bertz CT molecular complexity index is 1020. The topological polar surface area (TPSA) is 18.8 Å². The number of unbranched alkanes of at least 4 members (excludes halogenated alkanes) is 1. The SMILES string of the molecule is C=CCCc1cc(CCCCN2CCC(C3=NCc4cc(F)ccc43)CC2)ccc1N(C)CCC. The van der Waals surface area contributed by atoms with Gasteiger partial charge in [-0.25, -0.2) is 4.39 Å². The highest BCUT2D eigenvalue weighted by Gasteiger charge is 2.27. The molecule has 0 radical (unpaired) electrons. The third-order valence-corrected chi connectivity index (χ3v) is 7.66. The summed E-state index contributed by atoms with van der Waals surface area (Å²) in [5.74, 6) is 0.374. The van der Waals surface area contributed by atoms with Crippen molar-refractivity contribution in [2.75, 3.05) is 38.1 Å². The van der Waals surface area contributed by atoms with Crippen molar-refractivity contribution < 1.29 is 4.39 Å². The van der Waals surface area contributed by atoms with E-state index in [0.29, 0.717) is 12.5 Å². The van der Waals surface area contributed by atoms with Gasteiger partial charge in [0.05, 0.1) is 6.54 Å². The van der Waals surface area contributed by atoms with Gasteiger partial charge in [0.2, 0.25) is 0 Å². The van der Waals surface area contributed by atoms with Crippen LogP contribution in [0.5, 0.6) is 0 Å². The van der Waals surface area contributed by atoms with Crippen LogP contribution in [0.25, 0.3) is 0 Å². The monoisotopic (exact) mass is 475 g/mol. The number of aryl methyl sites for hydroxylation is 2. The normalized spacial score (nSPS) is 16.3. The lowest BCUT2D eigenvalue weighted by atomic mass is 9.87. The molecule has 0 N–H and O–H groups in total. The molecular weight excluding hydrogens is 433 g/mol. The van der Waals surface area contributed by atoms with Crippen LogP contribution in [0.4, 0.5) is 10.1 Å². The molecule has 2 aliphatic heterocycles. The average Bonchev–Trinajstić information content (AvgIpc) is 3.29. The molecule has 0 saturated carbocycles. The van der Waals surface area contributed by atoms with Gasteiger partial charge in [0.25, 0.3) is 0 Å². The standard InChI is InChI=1S/C31H42FN3/c1-4-6-10-26-21-24(11-14-30(26)34(3)17-5-2)9-7-8-18-35-19-15-25(16-20-35)31-29-13-12-28(32)22-27(29)23-33-31/h4,11-14,21-22,25H,1,5-10,15-20,23H2,2-3H3. The molecule has 0 spiro atoms. The summed E-state index contributed by atoms with van der Waals surface area (Å²) < 4.78 is 13.5. The second-order valence-corrected chi connectivity index (χ2v) is 10.3. The Labute approximate surface area is 211 Å². The third kappa shape index (κ3) is 6.61. The zero-order valence-electron chi connectivity index (χ0n) is 21.7. The van der Waals surface area contributed by atoms with E-state index in [2.05, 4.69) is 48.5 Å². The first-order chi connectivity index (χ1) is 17.1. The van der Waals surface area contributed by atoms with Crippen molar-refractivity contribution >= 4 is 11.4 Å². The van der Waals surface area contributed by atoms with Gasteiger partial charge < -0.3 is 9.80 Å². The molecule has 2 aliphatic rings. The molecule has 4 heteroatoms. The molecule has 1 saturated heterocycles. The molecule has 3 nitrogen and oxygen atoms in total. The van der Waals surface area contributed by atoms with Crippen molar-refractivity contribution in [3.05, 3.63) is 77.1 Å². The van der Waals surface area contributed by atoms with Crippen LogP contribution in [0.2, 0.25) is 0 Å². The molecule has 35 heavy (non-hydrogen) atoms. The van der Waals surface area contributed by atoms with Crippen LogP contribution in [0.1, 0.15) is 67.7 Å². The maximum atomic E-state index is 13.5. The molecule has 1 fully saturated rings. The van der Waals surface area contributed by atoms with Crippen LogP contribution in [0, 0.1) is 11.7 Å². The molecule has 0 bridgehead atoms. The van der Waals surface area contributed by atoms with E-state index in [9.17, 15) is 4.39 Å². The highest BCUT2D eigenvalue weighted by molar-refractivity contribution is 6.05. The first-order valence-electron chi connectivity index (χ1n) is 13.6. The van der Waals surface area contributed by atoms with Crippen molar-refractivity contribution in [2.45, 2.75) is 64.8 Å². The maximum Gasteiger partial charge on any atom is 0.123 e. The Balaban J connectivity index is 1.22. The number of nitrogens with zero attached hydrogens (tertiary/aromatic N) is 3. The van der Waals surface area contributed by atoms with E-state index in [1.54, 1.807) is 12.1 Å². The van der Waals surface area contributed by atoms with E-state index in [-0.39, 0.29) is 5.82 Å². The van der Waals surface area contributed by atoms with Gasteiger partial charge in [-0.1, -0.05) is 25.1 Å². The van der Waals surface area contributed by atoms with Crippen LogP contribution < -0.4 is 4.90 Å². The fourth-order valence-electron chi connectivity index (χ4n) is 5.72. The predicted molar refractivity (Wildman–Crippen MR) is 147 cm³/mol. The molecule has 0 aliphatic carbocycles. The fraction of sp³-hybridized carbons (Fsp3) is 0.516. The minimum absolute atomic E-state index is 0.150. The lowest BCUT2D eigenvalue weighted by Gasteiger charge is -2.32. The number of piperidine rings is 1. The van der Waals surface area contributed by atoms with Crippen LogP contribution in [-0.2, 0) is 19.4 Å². The van der Waals surface area contributed by atoms with Gasteiger partial charge in [-0.05, 0) is 112 Å². The number of halogens is 1. The molecule has 0 amide bonds. The summed E-state index contributed by atoms with van der Waals surface area (Å²) in [4.78, 5) is 9.79. The van der Waals surface area contributed by atoms with E-state index in [4.69, 9.17) is 4.99 Å². The highest BCUT2D eigenvalue weighted by Crippen LogP contribution is 2.29. The Morgan fingerprint density at radius 3 is 2.71 bits per heavy atom. The predicted octanol–water partition coefficient (Wildman–Crippen LogP) is 6.83. The first kappa shape index (κ1) is 25.6. The van der Waals surface area contributed by atoms with E-state index in [0.717, 1.165) is 63.7 Å². The minimum Gasteiger partial charge on any atom is -0.374 e. The van der Waals surface area contributed by atoms with Gasteiger partial charge in [-0.3, -0.25) is 4.99 Å². The lowest BCUT2D eigenvalue weighted by Crippen LogP contribution is -2.37. The Morgan fingerprint density at radius 1 is 1.11 bits per heavy atom. The van der Waals surface area contributed by atoms with Crippen LogP contribution in [-0.4, -0.2) is 43.8 Å². The zero-order chi connectivity index (χ0) is 24.6. The number of fused-ring (bicyclic) bond motifs is 1. The molecule has 0 aromatic heterocycles. The molecular formula is C31H42FN3. The summed E-state index contributed by atoms with van der Waals surface area (Å²) >= 11 is 0. The van der Waals surface area contributed by atoms with Gasteiger partial charge >= 0.3 is 0 Å². The van der Waals surface area contributed by atoms with Crippen molar-refractivity contribution in [1.82, 2.24) is 4.90 Å². The second kappa shape index (κ2) is 12.5. The van der Waals surface area contributed by atoms with Crippen molar-refractivity contribution in [3.63, 3.8) is 0 Å². The fourth-order valence-corrected chi connectivity index (χ4v) is 5.72. The summed E-state index contributed by atoms with van der Waals surface area (Å²) in [5.41, 5.74) is 7.76. The van der Waals surface area contributed by atoms with E-state index in [1.807, 2.05) is 12.1 Å². The Hall–Kier alpha value is -2.46. The number of hydrogen-bond acceptors (Lipinski definition) is 3. The molecule has 2 aromatic carbocycles. The van der Waals surface area contributed by atoms with E-state index < -0.39 is 0 Å². The van der Waals surface area contributed by atoms with Crippen molar-refractivity contribution in [3.8, 4) is 0 Å². The van der Waals surface area contributed by atoms with Crippen LogP contribution >= 0.6 is 0 Å². The van der Waals surface area contributed by atoms with Crippen molar-refractivity contribution in [1.29, 1.82) is 0 Å². The van der Waals surface area contributed by atoms with Gasteiger partial charge in [-0.15, -0.1) is 6.58 Å². The lowest BCUT2D eigenvalue weighted by molar-refractivity contribution is 0.206. The minimum atomic E-state index is -0.150. The number of allylic oxidation sites excluding steroid dienone is 1. The maximum absolute atomic E-state index is 13.5. The summed E-state index contributed by atoms with van der Waals surface area (Å²) in [5, 5.41) is 0. The number of anilines is 1. The highest BCUT2D eigenvalue weighted by atomic mass is 19.1. The van der Waals surface area contributed by atoms with E-state index >= 15 is 0 Å². The number of aliphatic imine (C=N–C) groups is 1. The molecule has 0 atom stereocenters. The zero-order valence-corrected chi connectivity index (χ0v) is 21.7. The quantitative estimate of drug-likeness (QED) is 0.247. The summed E-state index contributed by atoms with van der Waals surface area (Å²) in [6.07, 6.45) is 11.2. The molecule has 4 rings (SSSR count). The van der Waals surface area contributed by atoms with Gasteiger partial charge in [-0.2, -0.15) is 0 Å². The van der Waals surface area contributed by atoms with E-state index in [1.165, 1.54) is 47.5 Å². The summed E-state index contributed by atoms with van der Waals surface area (Å²) in [6, 6.07) is 12.3. The number of benzene rings is 2. The van der Waals surface area contributed by atoms with Gasteiger partial charge in [0, 0.05) is 36.5 Å². The molecule has 2 aromatic rings. The second-order valence-electron chi connectivity index (χ2n) is 10.3. The number of hydrogen-bond donors (Lipinski definition) is 0. The molecule has 188 valence electrons. The van der Waals surface area contributed by atoms with Gasteiger partial charge in [0.15, 0.2) is 0 Å². The molecule has 2 heterocycles. The largest absolute Gasteiger partial charge is 0.374 e.